The maximum absolute atomic E-state index is 6.13. The van der Waals surface area contributed by atoms with Crippen molar-refractivity contribution in [2.45, 2.75) is 52.1 Å². The first-order valence-electron chi connectivity index (χ1n) is 10.2. The number of rotatable bonds is 9. The molecule has 1 unspecified atom stereocenters. The van der Waals surface area contributed by atoms with Crippen molar-refractivity contribution in [3.63, 3.8) is 0 Å². The Hall–Kier alpha value is -1.46. The Morgan fingerprint density at radius 2 is 2.19 bits per heavy atom. The molecule has 1 fully saturated rings. The first-order chi connectivity index (χ1) is 13.0. The van der Waals surface area contributed by atoms with E-state index in [9.17, 15) is 0 Å². The highest BCUT2D eigenvalue weighted by atomic mass is 35.5. The van der Waals surface area contributed by atoms with Gasteiger partial charge in [-0.25, -0.2) is 0 Å². The molecule has 27 heavy (non-hydrogen) atoms. The minimum atomic E-state index is 0.411. The lowest BCUT2D eigenvalue weighted by atomic mass is 10.2. The summed E-state index contributed by atoms with van der Waals surface area (Å²) < 4.78 is 0. The van der Waals surface area contributed by atoms with Crippen LogP contribution in [0.5, 0.6) is 0 Å². The zero-order valence-electron chi connectivity index (χ0n) is 17.3. The molecule has 1 heterocycles. The summed E-state index contributed by atoms with van der Waals surface area (Å²) >= 11 is 6.13. The minimum absolute atomic E-state index is 0.411. The number of hydrogen-bond donors (Lipinski definition) is 2. The summed E-state index contributed by atoms with van der Waals surface area (Å²) in [7, 11) is 2.19. The van der Waals surface area contributed by atoms with Crippen LogP contribution in [-0.4, -0.2) is 62.7 Å². The van der Waals surface area contributed by atoms with Crippen molar-refractivity contribution in [1.29, 1.82) is 0 Å². The average molecular weight is 394 g/mol. The van der Waals surface area contributed by atoms with Gasteiger partial charge in [-0.1, -0.05) is 17.7 Å². The number of nitrogens with one attached hydrogen (secondary N) is 2. The molecule has 0 aliphatic carbocycles. The van der Waals surface area contributed by atoms with E-state index in [1.54, 1.807) is 0 Å². The Labute approximate surface area is 170 Å². The molecule has 0 bridgehead atoms. The van der Waals surface area contributed by atoms with Crippen molar-refractivity contribution in [2.24, 2.45) is 4.99 Å². The largest absolute Gasteiger partial charge is 0.369 e. The van der Waals surface area contributed by atoms with E-state index < -0.39 is 0 Å². The molecule has 6 heteroatoms. The van der Waals surface area contributed by atoms with E-state index in [1.807, 2.05) is 18.2 Å². The zero-order chi connectivity index (χ0) is 19.6. The molecule has 1 aliphatic rings. The van der Waals surface area contributed by atoms with E-state index in [-0.39, 0.29) is 0 Å². The second-order valence-corrected chi connectivity index (χ2v) is 8.03. The smallest absolute Gasteiger partial charge is 0.191 e. The molecular weight excluding hydrogens is 358 g/mol. The van der Waals surface area contributed by atoms with Crippen molar-refractivity contribution in [3.05, 3.63) is 29.3 Å². The zero-order valence-corrected chi connectivity index (χ0v) is 18.1. The summed E-state index contributed by atoms with van der Waals surface area (Å²) in [6.07, 6.45) is 3.41. The normalized spacial score (nSPS) is 17.8. The average Bonchev–Trinajstić information content (AvgIpc) is 3.10. The Morgan fingerprint density at radius 1 is 1.37 bits per heavy atom. The minimum Gasteiger partial charge on any atom is -0.369 e. The lowest BCUT2D eigenvalue weighted by molar-refractivity contribution is 0.269. The molecule has 0 aromatic heterocycles. The van der Waals surface area contributed by atoms with Crippen molar-refractivity contribution >= 4 is 23.2 Å². The van der Waals surface area contributed by atoms with E-state index in [2.05, 4.69) is 54.3 Å². The SMILES string of the molecule is CCNC(=NCCCCN(C)C(C)C)NC1CCN(c2cccc(Cl)c2)C1. The molecule has 152 valence electrons. The van der Waals surface area contributed by atoms with Gasteiger partial charge >= 0.3 is 0 Å². The Balaban J connectivity index is 1.78. The lowest BCUT2D eigenvalue weighted by Crippen LogP contribution is -2.44. The molecule has 0 amide bonds. The molecule has 5 nitrogen and oxygen atoms in total. The van der Waals surface area contributed by atoms with Gasteiger partial charge in [0.05, 0.1) is 0 Å². The topological polar surface area (TPSA) is 42.9 Å². The highest BCUT2D eigenvalue weighted by molar-refractivity contribution is 6.30. The van der Waals surface area contributed by atoms with E-state index >= 15 is 0 Å². The van der Waals surface area contributed by atoms with Gasteiger partial charge in [0.15, 0.2) is 5.96 Å². The second-order valence-electron chi connectivity index (χ2n) is 7.60. The van der Waals surface area contributed by atoms with Crippen LogP contribution in [0.15, 0.2) is 29.3 Å². The first kappa shape index (κ1) is 21.8. The Bertz CT molecular complexity index is 590. The number of hydrogen-bond acceptors (Lipinski definition) is 3. The van der Waals surface area contributed by atoms with Crippen LogP contribution in [0.25, 0.3) is 0 Å². The van der Waals surface area contributed by atoms with Crippen LogP contribution in [0.4, 0.5) is 5.69 Å². The van der Waals surface area contributed by atoms with Crippen LogP contribution >= 0.6 is 11.6 Å². The van der Waals surface area contributed by atoms with Crippen LogP contribution < -0.4 is 15.5 Å². The quantitative estimate of drug-likeness (QED) is 0.382. The summed E-state index contributed by atoms with van der Waals surface area (Å²) in [6.45, 7) is 11.5. The van der Waals surface area contributed by atoms with E-state index in [1.165, 1.54) is 12.1 Å². The number of nitrogens with zero attached hydrogens (tertiary/aromatic N) is 3. The number of aliphatic imine (C=N–C) groups is 1. The van der Waals surface area contributed by atoms with Crippen molar-refractivity contribution < 1.29 is 0 Å². The second kappa shape index (κ2) is 11.4. The van der Waals surface area contributed by atoms with Crippen LogP contribution in [0, 0.1) is 0 Å². The molecule has 1 aromatic carbocycles. The molecule has 2 rings (SSSR count). The maximum atomic E-state index is 6.13. The van der Waals surface area contributed by atoms with Crippen LogP contribution in [0.3, 0.4) is 0 Å². The van der Waals surface area contributed by atoms with Crippen molar-refractivity contribution in [2.75, 3.05) is 44.7 Å². The van der Waals surface area contributed by atoms with E-state index in [0.717, 1.165) is 56.5 Å². The molecule has 1 atom stereocenters. The van der Waals surface area contributed by atoms with Gasteiger partial charge in [0, 0.05) is 49.0 Å². The van der Waals surface area contributed by atoms with Crippen LogP contribution in [0.1, 0.15) is 40.0 Å². The first-order valence-corrected chi connectivity index (χ1v) is 10.6. The van der Waals surface area contributed by atoms with E-state index in [0.29, 0.717) is 12.1 Å². The van der Waals surface area contributed by atoms with Gasteiger partial charge in [0.1, 0.15) is 0 Å². The summed E-state index contributed by atoms with van der Waals surface area (Å²) in [5.41, 5.74) is 1.20. The third-order valence-electron chi connectivity index (χ3n) is 5.12. The number of unbranched alkanes of at least 4 members (excludes halogenated alkanes) is 1. The number of halogens is 1. The molecule has 1 aliphatic heterocycles. The van der Waals surface area contributed by atoms with Crippen LogP contribution in [0.2, 0.25) is 5.02 Å². The van der Waals surface area contributed by atoms with E-state index in [4.69, 9.17) is 16.6 Å². The number of benzene rings is 1. The summed E-state index contributed by atoms with van der Waals surface area (Å²) in [5.74, 6) is 0.938. The summed E-state index contributed by atoms with van der Waals surface area (Å²) in [6, 6.07) is 9.12. The van der Waals surface area contributed by atoms with Crippen molar-refractivity contribution in [3.8, 4) is 0 Å². The maximum Gasteiger partial charge on any atom is 0.191 e. The van der Waals surface area contributed by atoms with Gasteiger partial charge in [-0.3, -0.25) is 4.99 Å². The standard InChI is InChI=1S/C21H36ClN5/c1-5-23-21(24-12-6-7-13-26(4)17(2)3)25-19-11-14-27(16-19)20-10-8-9-18(22)15-20/h8-10,15,17,19H,5-7,11-14,16H2,1-4H3,(H2,23,24,25). The predicted octanol–water partition coefficient (Wildman–Crippen LogP) is 3.59. The fraction of sp³-hybridized carbons (Fsp3) is 0.667. The number of guanidine groups is 1. The highest BCUT2D eigenvalue weighted by Gasteiger charge is 2.23. The molecule has 0 radical (unpaired) electrons. The Morgan fingerprint density at radius 3 is 2.89 bits per heavy atom. The summed E-state index contributed by atoms with van der Waals surface area (Å²) in [5, 5.41) is 7.78. The van der Waals surface area contributed by atoms with Gasteiger partial charge in [-0.15, -0.1) is 0 Å². The third kappa shape index (κ3) is 7.59. The van der Waals surface area contributed by atoms with Crippen molar-refractivity contribution in [1.82, 2.24) is 15.5 Å². The van der Waals surface area contributed by atoms with Gasteiger partial charge in [-0.2, -0.15) is 0 Å². The molecule has 1 aromatic rings. The van der Waals surface area contributed by atoms with Gasteiger partial charge in [0.2, 0.25) is 0 Å². The van der Waals surface area contributed by atoms with Gasteiger partial charge in [0.25, 0.3) is 0 Å². The lowest BCUT2D eigenvalue weighted by Gasteiger charge is -2.21. The van der Waals surface area contributed by atoms with Crippen LogP contribution in [-0.2, 0) is 0 Å². The molecular formula is C21H36ClN5. The van der Waals surface area contributed by atoms with Gasteiger partial charge < -0.3 is 20.4 Å². The third-order valence-corrected chi connectivity index (χ3v) is 5.35. The fourth-order valence-corrected chi connectivity index (χ4v) is 3.41. The number of anilines is 1. The fourth-order valence-electron chi connectivity index (χ4n) is 3.22. The molecule has 1 saturated heterocycles. The summed E-state index contributed by atoms with van der Waals surface area (Å²) in [4.78, 5) is 9.54. The molecule has 0 saturated carbocycles. The highest BCUT2D eigenvalue weighted by Crippen LogP contribution is 2.23. The van der Waals surface area contributed by atoms with Gasteiger partial charge in [-0.05, 0) is 71.8 Å². The predicted molar refractivity (Wildman–Crippen MR) is 118 cm³/mol. The monoisotopic (exact) mass is 393 g/mol. The Kier molecular flexibility index (Phi) is 9.22. The molecule has 2 N–H and O–H groups in total. The molecule has 0 spiro atoms.